The van der Waals surface area contributed by atoms with Crippen LogP contribution in [-0.4, -0.2) is 17.6 Å². The Morgan fingerprint density at radius 2 is 1.81 bits per heavy atom. The first kappa shape index (κ1) is 23.7. The first-order valence-electron chi connectivity index (χ1n) is 9.67. The number of pyridine rings is 1. The summed E-state index contributed by atoms with van der Waals surface area (Å²) in [5, 5.41) is 4.35. The van der Waals surface area contributed by atoms with Crippen molar-refractivity contribution in [2.75, 3.05) is 0 Å². The summed E-state index contributed by atoms with van der Waals surface area (Å²) in [6.07, 6.45) is 5.11. The second-order valence-corrected chi connectivity index (χ2v) is 8.29. The summed E-state index contributed by atoms with van der Waals surface area (Å²) < 4.78 is 0. The quantitative estimate of drug-likeness (QED) is 0.283. The van der Waals surface area contributed by atoms with Gasteiger partial charge in [0.05, 0.1) is 27.5 Å². The highest BCUT2D eigenvalue weighted by atomic mass is 35.5. The Labute approximate surface area is 202 Å². The van der Waals surface area contributed by atoms with Crippen molar-refractivity contribution in [2.24, 2.45) is 4.99 Å². The zero-order chi connectivity index (χ0) is 23.1. The largest absolute Gasteiger partial charge is 0.340 e. The van der Waals surface area contributed by atoms with Gasteiger partial charge < -0.3 is 5.32 Å². The summed E-state index contributed by atoms with van der Waals surface area (Å²) in [6, 6.07) is 17.4. The Morgan fingerprint density at radius 3 is 2.41 bits per heavy atom. The summed E-state index contributed by atoms with van der Waals surface area (Å²) in [5.74, 6) is -0.283. The Balaban J connectivity index is 1.92. The van der Waals surface area contributed by atoms with E-state index in [2.05, 4.69) is 22.0 Å². The first-order chi connectivity index (χ1) is 15.4. The fraction of sp³-hybridized carbons (Fsp3) is 0.0800. The fourth-order valence-corrected chi connectivity index (χ4v) is 3.37. The highest BCUT2D eigenvalue weighted by Gasteiger charge is 2.20. The van der Waals surface area contributed by atoms with E-state index in [1.54, 1.807) is 55.6 Å². The van der Waals surface area contributed by atoms with Gasteiger partial charge in [-0.1, -0.05) is 59.1 Å². The van der Waals surface area contributed by atoms with E-state index in [4.69, 9.17) is 34.8 Å². The van der Waals surface area contributed by atoms with Crippen LogP contribution in [0.2, 0.25) is 10.0 Å². The molecular formula is C25H20Cl3N3O. The number of allylic oxidation sites excluding steroid dienone is 3. The van der Waals surface area contributed by atoms with Gasteiger partial charge in [-0.25, -0.2) is 0 Å². The van der Waals surface area contributed by atoms with Gasteiger partial charge in [-0.05, 0) is 67.8 Å². The molecule has 0 radical (unpaired) electrons. The number of benzene rings is 2. The minimum Gasteiger partial charge on any atom is -0.340 e. The molecule has 4 nitrogen and oxygen atoms in total. The van der Waals surface area contributed by atoms with E-state index in [0.717, 1.165) is 11.3 Å². The molecule has 3 rings (SSSR count). The van der Waals surface area contributed by atoms with E-state index in [1.165, 1.54) is 0 Å². The Hall–Kier alpha value is -2.92. The smallest absolute Gasteiger partial charge is 0.252 e. The van der Waals surface area contributed by atoms with Gasteiger partial charge in [-0.15, -0.1) is 0 Å². The molecule has 3 aromatic rings. The van der Waals surface area contributed by atoms with Crippen molar-refractivity contribution in [1.29, 1.82) is 0 Å². The second-order valence-electron chi connectivity index (χ2n) is 6.88. The average molecular weight is 485 g/mol. The van der Waals surface area contributed by atoms with Gasteiger partial charge in [-0.3, -0.25) is 14.8 Å². The van der Waals surface area contributed by atoms with Crippen molar-refractivity contribution in [3.63, 3.8) is 0 Å². The van der Waals surface area contributed by atoms with E-state index < -0.39 is 6.04 Å². The number of halogens is 3. The number of carbonyl (C=O) groups excluding carboxylic acids is 1. The number of rotatable bonds is 7. The molecule has 0 aliphatic rings. The standard InChI is InChI=1S/C25H20Cl3N3O/c1-16(26)6-13-23(29-2)24(19-11-12-20(27)21(28)15-19)31-25(32)18-9-7-17(8-10-18)22-5-3-4-14-30-22/h3-15,24H,2H2,1H3,(H,31,32)/b16-6+,23-13-/t24-/m0/s1. The third kappa shape index (κ3) is 6.07. The van der Waals surface area contributed by atoms with Gasteiger partial charge in [0.2, 0.25) is 0 Å². The monoisotopic (exact) mass is 483 g/mol. The van der Waals surface area contributed by atoms with Crippen LogP contribution in [0, 0.1) is 0 Å². The molecule has 0 fully saturated rings. The van der Waals surface area contributed by atoms with Gasteiger partial charge in [0, 0.05) is 22.4 Å². The third-order valence-corrected chi connectivity index (χ3v) is 5.49. The van der Waals surface area contributed by atoms with Crippen molar-refractivity contribution >= 4 is 47.4 Å². The number of aromatic nitrogens is 1. The minimum absolute atomic E-state index is 0.283. The maximum absolute atomic E-state index is 13.1. The van der Waals surface area contributed by atoms with Crippen molar-refractivity contribution in [3.05, 3.63) is 111 Å². The van der Waals surface area contributed by atoms with Crippen molar-refractivity contribution in [1.82, 2.24) is 10.3 Å². The predicted octanol–water partition coefficient (Wildman–Crippen LogP) is 7.25. The summed E-state index contributed by atoms with van der Waals surface area (Å²) >= 11 is 18.2. The molecule has 0 bridgehead atoms. The van der Waals surface area contributed by atoms with Crippen LogP contribution in [0.4, 0.5) is 0 Å². The summed E-state index contributed by atoms with van der Waals surface area (Å²) in [6.45, 7) is 5.39. The number of amides is 1. The van der Waals surface area contributed by atoms with Gasteiger partial charge in [0.15, 0.2) is 0 Å². The first-order valence-corrected chi connectivity index (χ1v) is 10.8. The molecule has 1 amide bonds. The lowest BCUT2D eigenvalue weighted by Crippen LogP contribution is -2.29. The molecule has 0 spiro atoms. The molecular weight excluding hydrogens is 465 g/mol. The topological polar surface area (TPSA) is 54.4 Å². The van der Waals surface area contributed by atoms with Crippen molar-refractivity contribution in [2.45, 2.75) is 13.0 Å². The molecule has 162 valence electrons. The van der Waals surface area contributed by atoms with Gasteiger partial charge in [-0.2, -0.15) is 0 Å². The molecule has 0 saturated heterocycles. The lowest BCUT2D eigenvalue weighted by atomic mass is 10.0. The summed E-state index contributed by atoms with van der Waals surface area (Å²) in [5.41, 5.74) is 3.44. The lowest BCUT2D eigenvalue weighted by molar-refractivity contribution is 0.0942. The van der Waals surface area contributed by atoms with Gasteiger partial charge in [0.25, 0.3) is 5.91 Å². The predicted molar refractivity (Wildman–Crippen MR) is 134 cm³/mol. The average Bonchev–Trinajstić information content (AvgIpc) is 2.81. The molecule has 1 heterocycles. The van der Waals surface area contributed by atoms with E-state index in [9.17, 15) is 4.79 Å². The van der Waals surface area contributed by atoms with E-state index >= 15 is 0 Å². The number of nitrogens with one attached hydrogen (secondary N) is 1. The van der Waals surface area contributed by atoms with Gasteiger partial charge in [0.1, 0.15) is 0 Å². The lowest BCUT2D eigenvalue weighted by Gasteiger charge is -2.20. The molecule has 2 aromatic carbocycles. The van der Waals surface area contributed by atoms with E-state index in [-0.39, 0.29) is 5.91 Å². The van der Waals surface area contributed by atoms with Crippen LogP contribution in [0.25, 0.3) is 11.3 Å². The zero-order valence-electron chi connectivity index (χ0n) is 17.2. The molecule has 1 aromatic heterocycles. The number of hydrogen-bond donors (Lipinski definition) is 1. The number of aliphatic imine (C=N–C) groups is 1. The second kappa shape index (κ2) is 11.1. The van der Waals surface area contributed by atoms with Crippen LogP contribution >= 0.6 is 34.8 Å². The maximum Gasteiger partial charge on any atom is 0.252 e. The number of hydrogen-bond acceptors (Lipinski definition) is 3. The molecule has 32 heavy (non-hydrogen) atoms. The Bertz CT molecular complexity index is 1170. The molecule has 0 aliphatic heterocycles. The molecule has 0 aliphatic carbocycles. The molecule has 0 saturated carbocycles. The minimum atomic E-state index is -0.613. The molecule has 7 heteroatoms. The number of nitrogens with zero attached hydrogens (tertiary/aromatic N) is 2. The maximum atomic E-state index is 13.1. The molecule has 1 N–H and O–H groups in total. The molecule has 0 unspecified atom stereocenters. The Morgan fingerprint density at radius 1 is 1.06 bits per heavy atom. The van der Waals surface area contributed by atoms with Crippen LogP contribution in [0.15, 0.2) is 94.7 Å². The zero-order valence-corrected chi connectivity index (χ0v) is 19.5. The van der Waals surface area contributed by atoms with Crippen LogP contribution in [0.5, 0.6) is 0 Å². The van der Waals surface area contributed by atoms with Crippen molar-refractivity contribution in [3.8, 4) is 11.3 Å². The van der Waals surface area contributed by atoms with Crippen molar-refractivity contribution < 1.29 is 4.79 Å². The molecule has 1 atom stereocenters. The normalized spacial score (nSPS) is 12.9. The van der Waals surface area contributed by atoms with Crippen LogP contribution in [0.1, 0.15) is 28.9 Å². The van der Waals surface area contributed by atoms with E-state index in [0.29, 0.717) is 31.9 Å². The highest BCUT2D eigenvalue weighted by Crippen LogP contribution is 2.30. The summed E-state index contributed by atoms with van der Waals surface area (Å²) in [7, 11) is 0. The van der Waals surface area contributed by atoms with Crippen LogP contribution in [0.3, 0.4) is 0 Å². The third-order valence-electron chi connectivity index (χ3n) is 4.62. The highest BCUT2D eigenvalue weighted by molar-refractivity contribution is 6.42. The van der Waals surface area contributed by atoms with Crippen LogP contribution < -0.4 is 5.32 Å². The van der Waals surface area contributed by atoms with E-state index in [1.807, 2.05) is 30.3 Å². The van der Waals surface area contributed by atoms with Gasteiger partial charge >= 0.3 is 0 Å². The Kier molecular flexibility index (Phi) is 8.23. The summed E-state index contributed by atoms with van der Waals surface area (Å²) in [4.78, 5) is 21.5. The SMILES string of the molecule is C=N/C(=C\C=C(/C)Cl)[C@@H](NC(=O)c1ccc(-c2ccccn2)cc1)c1ccc(Cl)c(Cl)c1. The fourth-order valence-electron chi connectivity index (χ4n) is 3.00. The number of carbonyl (C=O) groups is 1. The van der Waals surface area contributed by atoms with Crippen LogP contribution in [-0.2, 0) is 0 Å².